The minimum atomic E-state index is -0.783. The number of hydrogen-bond donors (Lipinski definition) is 2. The van der Waals surface area contributed by atoms with E-state index in [1.165, 1.54) is 0 Å². The summed E-state index contributed by atoms with van der Waals surface area (Å²) in [4.78, 5) is 12.7. The van der Waals surface area contributed by atoms with Crippen molar-refractivity contribution in [2.75, 3.05) is 33.8 Å². The van der Waals surface area contributed by atoms with Gasteiger partial charge in [0.1, 0.15) is 6.04 Å². The molecule has 0 radical (unpaired) electrons. The maximum atomic E-state index is 10.6. The number of carbonyl (C=O) groups is 1. The molecule has 2 N–H and O–H groups in total. The molecule has 0 spiro atoms. The molecule has 0 saturated carbocycles. The van der Waals surface area contributed by atoms with Gasteiger partial charge in [0.05, 0.1) is 6.10 Å². The lowest BCUT2D eigenvalue weighted by atomic mass is 10.2. The third-order valence-corrected chi connectivity index (χ3v) is 2.49. The van der Waals surface area contributed by atoms with Crippen LogP contribution >= 0.6 is 0 Å². The number of carboxylic acids is 1. The molecule has 5 heteroatoms. The van der Waals surface area contributed by atoms with E-state index in [-0.39, 0.29) is 6.10 Å². The van der Waals surface area contributed by atoms with Crippen molar-refractivity contribution < 1.29 is 14.6 Å². The second-order valence-corrected chi connectivity index (χ2v) is 4.18. The van der Waals surface area contributed by atoms with Crippen molar-refractivity contribution in [2.24, 2.45) is 0 Å². The number of nitrogens with zero attached hydrogens (tertiary/aromatic N) is 1. The first-order chi connectivity index (χ1) is 7.09. The minimum Gasteiger partial charge on any atom is -0.480 e. The first-order valence-electron chi connectivity index (χ1n) is 5.32. The molecule has 2 atom stereocenters. The van der Waals surface area contributed by atoms with Gasteiger partial charge >= 0.3 is 5.97 Å². The zero-order valence-corrected chi connectivity index (χ0v) is 9.40. The average molecular weight is 216 g/mol. The SMILES string of the molecule is CN(C)CCCOC1CN[C@H](C(=O)O)C1. The van der Waals surface area contributed by atoms with Gasteiger partial charge in [0.25, 0.3) is 0 Å². The highest BCUT2D eigenvalue weighted by Crippen LogP contribution is 2.10. The molecule has 88 valence electrons. The molecule has 0 aromatic carbocycles. The topological polar surface area (TPSA) is 61.8 Å². The minimum absolute atomic E-state index is 0.0632. The second-order valence-electron chi connectivity index (χ2n) is 4.18. The first kappa shape index (κ1) is 12.4. The summed E-state index contributed by atoms with van der Waals surface area (Å²) in [5.41, 5.74) is 0. The highest BCUT2D eigenvalue weighted by Gasteiger charge is 2.29. The number of rotatable bonds is 6. The van der Waals surface area contributed by atoms with Gasteiger partial charge in [-0.2, -0.15) is 0 Å². The Hall–Kier alpha value is -0.650. The number of nitrogens with one attached hydrogen (secondary N) is 1. The Bertz CT molecular complexity index is 209. The number of hydrogen-bond acceptors (Lipinski definition) is 4. The molecule has 0 aromatic rings. The van der Waals surface area contributed by atoms with E-state index in [2.05, 4.69) is 10.2 Å². The molecule has 0 aromatic heterocycles. The lowest BCUT2D eigenvalue weighted by Crippen LogP contribution is -2.29. The van der Waals surface area contributed by atoms with E-state index in [0.717, 1.165) is 13.0 Å². The first-order valence-corrected chi connectivity index (χ1v) is 5.32. The molecular weight excluding hydrogens is 196 g/mol. The molecule has 5 nitrogen and oxygen atoms in total. The molecule has 0 bridgehead atoms. The Labute approximate surface area is 90.4 Å². The summed E-state index contributed by atoms with van der Waals surface area (Å²) in [6.45, 7) is 2.36. The fourth-order valence-corrected chi connectivity index (χ4v) is 1.65. The third kappa shape index (κ3) is 4.59. The third-order valence-electron chi connectivity index (χ3n) is 2.49. The Morgan fingerprint density at radius 2 is 2.33 bits per heavy atom. The van der Waals surface area contributed by atoms with Crippen LogP contribution < -0.4 is 5.32 Å². The number of ether oxygens (including phenoxy) is 1. The summed E-state index contributed by atoms with van der Waals surface area (Å²) in [6, 6.07) is -0.427. The van der Waals surface area contributed by atoms with Gasteiger partial charge in [-0.05, 0) is 27.1 Å². The molecule has 1 saturated heterocycles. The van der Waals surface area contributed by atoms with Crippen molar-refractivity contribution in [2.45, 2.75) is 25.0 Å². The molecule has 15 heavy (non-hydrogen) atoms. The fraction of sp³-hybridized carbons (Fsp3) is 0.900. The lowest BCUT2D eigenvalue weighted by molar-refractivity contribution is -0.139. The van der Waals surface area contributed by atoms with Gasteiger partial charge in [-0.15, -0.1) is 0 Å². The molecular formula is C10H20N2O3. The molecule has 1 aliphatic heterocycles. The van der Waals surface area contributed by atoms with Crippen LogP contribution in [-0.2, 0) is 9.53 Å². The van der Waals surface area contributed by atoms with Gasteiger partial charge in [-0.3, -0.25) is 4.79 Å². The van der Waals surface area contributed by atoms with Gasteiger partial charge in [-0.25, -0.2) is 0 Å². The van der Waals surface area contributed by atoms with Crippen molar-refractivity contribution in [1.82, 2.24) is 10.2 Å². The lowest BCUT2D eigenvalue weighted by Gasteiger charge is -2.12. The quantitative estimate of drug-likeness (QED) is 0.601. The second kappa shape index (κ2) is 6.05. The normalized spacial score (nSPS) is 26.1. The molecule has 1 rings (SSSR count). The van der Waals surface area contributed by atoms with Crippen LogP contribution in [0.25, 0.3) is 0 Å². The van der Waals surface area contributed by atoms with Gasteiger partial charge in [0.2, 0.25) is 0 Å². The summed E-state index contributed by atoms with van der Waals surface area (Å²) in [6.07, 6.45) is 1.63. The zero-order chi connectivity index (χ0) is 11.3. The summed E-state index contributed by atoms with van der Waals surface area (Å²) in [5, 5.41) is 11.7. The van der Waals surface area contributed by atoms with Crippen LogP contribution in [-0.4, -0.2) is 61.9 Å². The van der Waals surface area contributed by atoms with E-state index < -0.39 is 12.0 Å². The zero-order valence-electron chi connectivity index (χ0n) is 9.40. The maximum absolute atomic E-state index is 10.6. The molecule has 1 heterocycles. The van der Waals surface area contributed by atoms with E-state index in [4.69, 9.17) is 9.84 Å². The molecule has 1 unspecified atom stereocenters. The van der Waals surface area contributed by atoms with E-state index in [9.17, 15) is 4.79 Å². The Kier molecular flexibility index (Phi) is 5.01. The summed E-state index contributed by atoms with van der Waals surface area (Å²) in [5.74, 6) is -0.783. The summed E-state index contributed by atoms with van der Waals surface area (Å²) < 4.78 is 5.58. The van der Waals surface area contributed by atoms with Crippen LogP contribution in [0.2, 0.25) is 0 Å². The number of aliphatic carboxylic acids is 1. The van der Waals surface area contributed by atoms with E-state index >= 15 is 0 Å². The average Bonchev–Trinajstić information content (AvgIpc) is 2.60. The maximum Gasteiger partial charge on any atom is 0.320 e. The molecule has 1 fully saturated rings. The van der Waals surface area contributed by atoms with Crippen LogP contribution in [0.5, 0.6) is 0 Å². The van der Waals surface area contributed by atoms with Gasteiger partial charge in [-0.1, -0.05) is 0 Å². The van der Waals surface area contributed by atoms with E-state index in [1.54, 1.807) is 0 Å². The fourth-order valence-electron chi connectivity index (χ4n) is 1.65. The van der Waals surface area contributed by atoms with Gasteiger partial charge < -0.3 is 20.1 Å². The van der Waals surface area contributed by atoms with Gasteiger partial charge in [0.15, 0.2) is 0 Å². The highest BCUT2D eigenvalue weighted by atomic mass is 16.5. The highest BCUT2D eigenvalue weighted by molar-refractivity contribution is 5.73. The smallest absolute Gasteiger partial charge is 0.320 e. The van der Waals surface area contributed by atoms with Crippen molar-refractivity contribution in [3.63, 3.8) is 0 Å². The van der Waals surface area contributed by atoms with E-state index in [1.807, 2.05) is 14.1 Å². The van der Waals surface area contributed by atoms with Crippen LogP contribution in [0.3, 0.4) is 0 Å². The summed E-state index contributed by atoms with van der Waals surface area (Å²) >= 11 is 0. The molecule has 1 aliphatic rings. The van der Waals surface area contributed by atoms with Crippen molar-refractivity contribution >= 4 is 5.97 Å². The van der Waals surface area contributed by atoms with Crippen molar-refractivity contribution in [1.29, 1.82) is 0 Å². The van der Waals surface area contributed by atoms with E-state index in [0.29, 0.717) is 19.6 Å². The standard InChI is InChI=1S/C10H20N2O3/c1-12(2)4-3-5-15-8-6-9(10(13)14)11-7-8/h8-9,11H,3-7H2,1-2H3,(H,13,14)/t8?,9-/m0/s1. The molecule has 0 amide bonds. The Morgan fingerprint density at radius 3 is 2.87 bits per heavy atom. The van der Waals surface area contributed by atoms with Gasteiger partial charge in [0, 0.05) is 19.6 Å². The molecule has 0 aliphatic carbocycles. The largest absolute Gasteiger partial charge is 0.480 e. The van der Waals surface area contributed by atoms with Crippen LogP contribution in [0.1, 0.15) is 12.8 Å². The van der Waals surface area contributed by atoms with Crippen LogP contribution in [0.15, 0.2) is 0 Å². The van der Waals surface area contributed by atoms with Crippen LogP contribution in [0.4, 0.5) is 0 Å². The predicted molar refractivity (Wildman–Crippen MR) is 57.0 cm³/mol. The van der Waals surface area contributed by atoms with Crippen molar-refractivity contribution in [3.05, 3.63) is 0 Å². The van der Waals surface area contributed by atoms with Crippen molar-refractivity contribution in [3.8, 4) is 0 Å². The Morgan fingerprint density at radius 1 is 1.60 bits per heavy atom. The number of carboxylic acid groups (broad SMARTS) is 1. The summed E-state index contributed by atoms with van der Waals surface area (Å²) in [7, 11) is 4.05. The van der Waals surface area contributed by atoms with Crippen LogP contribution in [0, 0.1) is 0 Å². The Balaban J connectivity index is 2.06. The predicted octanol–water partition coefficient (Wildman–Crippen LogP) is -0.230. The monoisotopic (exact) mass is 216 g/mol.